The monoisotopic (exact) mass is 342 g/mol. The zero-order chi connectivity index (χ0) is 17.4. The van der Waals surface area contributed by atoms with Crippen LogP contribution in [0.3, 0.4) is 0 Å². The first-order chi connectivity index (χ1) is 12.1. The van der Waals surface area contributed by atoms with E-state index in [4.69, 9.17) is 9.26 Å². The second-order valence-electron chi connectivity index (χ2n) is 6.35. The van der Waals surface area contributed by atoms with Gasteiger partial charge < -0.3 is 14.2 Å². The quantitative estimate of drug-likeness (QED) is 0.727. The number of aryl methyl sites for hydroxylation is 1. The minimum atomic E-state index is -0.237. The SMILES string of the molecule is Cc1noc2ncnc(N(C)C3CCOC(c4ccc(F)cc4)C3)c12. The maximum absolute atomic E-state index is 13.2. The van der Waals surface area contributed by atoms with Crippen LogP contribution in [0.5, 0.6) is 0 Å². The van der Waals surface area contributed by atoms with Crippen LogP contribution in [0.1, 0.15) is 30.2 Å². The molecule has 0 spiro atoms. The molecule has 3 heterocycles. The van der Waals surface area contributed by atoms with Gasteiger partial charge in [-0.15, -0.1) is 0 Å². The fourth-order valence-corrected chi connectivity index (χ4v) is 3.39. The molecule has 130 valence electrons. The average Bonchev–Trinajstić information content (AvgIpc) is 3.03. The molecule has 6 nitrogen and oxygen atoms in total. The van der Waals surface area contributed by atoms with Crippen LogP contribution < -0.4 is 4.90 Å². The van der Waals surface area contributed by atoms with Gasteiger partial charge in [0.05, 0.1) is 11.8 Å². The lowest BCUT2D eigenvalue weighted by Crippen LogP contribution is -2.38. The number of fused-ring (bicyclic) bond motifs is 1. The van der Waals surface area contributed by atoms with Gasteiger partial charge in [0.15, 0.2) is 0 Å². The van der Waals surface area contributed by atoms with Crippen LogP contribution >= 0.6 is 0 Å². The molecular weight excluding hydrogens is 323 g/mol. The first-order valence-electron chi connectivity index (χ1n) is 8.30. The third kappa shape index (κ3) is 2.95. The molecule has 2 unspecified atom stereocenters. The summed E-state index contributed by atoms with van der Waals surface area (Å²) in [6, 6.07) is 6.77. The number of aromatic nitrogens is 3. The number of hydrogen-bond donors (Lipinski definition) is 0. The Balaban J connectivity index is 1.60. The molecule has 7 heteroatoms. The smallest absolute Gasteiger partial charge is 0.263 e. The van der Waals surface area contributed by atoms with Gasteiger partial charge in [-0.05, 0) is 37.5 Å². The molecule has 25 heavy (non-hydrogen) atoms. The predicted molar refractivity (Wildman–Crippen MR) is 90.9 cm³/mol. The predicted octanol–water partition coefficient (Wildman–Crippen LogP) is 3.42. The first-order valence-corrected chi connectivity index (χ1v) is 8.30. The number of nitrogens with zero attached hydrogens (tertiary/aromatic N) is 4. The number of rotatable bonds is 3. The van der Waals surface area contributed by atoms with E-state index in [2.05, 4.69) is 20.0 Å². The van der Waals surface area contributed by atoms with Gasteiger partial charge >= 0.3 is 0 Å². The molecule has 0 radical (unpaired) electrons. The second kappa shape index (κ2) is 6.40. The zero-order valence-corrected chi connectivity index (χ0v) is 14.1. The third-order valence-electron chi connectivity index (χ3n) is 4.80. The Morgan fingerprint density at radius 3 is 2.80 bits per heavy atom. The molecule has 1 aliphatic rings. The molecule has 0 bridgehead atoms. The van der Waals surface area contributed by atoms with Crippen LogP contribution in [0.25, 0.3) is 11.1 Å². The Bertz CT molecular complexity index is 880. The topological polar surface area (TPSA) is 64.3 Å². The van der Waals surface area contributed by atoms with Crippen molar-refractivity contribution in [3.63, 3.8) is 0 Å². The van der Waals surface area contributed by atoms with E-state index in [1.54, 1.807) is 12.1 Å². The van der Waals surface area contributed by atoms with Crippen LogP contribution in [-0.4, -0.2) is 34.8 Å². The van der Waals surface area contributed by atoms with Gasteiger partial charge in [0.25, 0.3) is 5.71 Å². The Hall–Kier alpha value is -2.54. The summed E-state index contributed by atoms with van der Waals surface area (Å²) >= 11 is 0. The van der Waals surface area contributed by atoms with Crippen LogP contribution in [0.2, 0.25) is 0 Å². The van der Waals surface area contributed by atoms with E-state index in [0.29, 0.717) is 12.3 Å². The summed E-state index contributed by atoms with van der Waals surface area (Å²) < 4.78 is 24.3. The Kier molecular flexibility index (Phi) is 4.09. The number of benzene rings is 1. The van der Waals surface area contributed by atoms with Gasteiger partial charge in [-0.25, -0.2) is 9.37 Å². The Morgan fingerprint density at radius 2 is 2.00 bits per heavy atom. The summed E-state index contributed by atoms with van der Waals surface area (Å²) in [5.74, 6) is 0.577. The molecule has 1 fully saturated rings. The van der Waals surface area contributed by atoms with Crippen molar-refractivity contribution in [1.82, 2.24) is 15.1 Å². The summed E-state index contributed by atoms with van der Waals surface area (Å²) in [4.78, 5) is 10.7. The summed E-state index contributed by atoms with van der Waals surface area (Å²) in [6.45, 7) is 2.53. The largest absolute Gasteiger partial charge is 0.373 e. The molecule has 1 aliphatic heterocycles. The molecule has 1 aromatic carbocycles. The molecule has 1 saturated heterocycles. The molecule has 4 rings (SSSR count). The van der Waals surface area contributed by atoms with Gasteiger partial charge in [-0.3, -0.25) is 0 Å². The number of hydrogen-bond acceptors (Lipinski definition) is 6. The maximum Gasteiger partial charge on any atom is 0.263 e. The highest BCUT2D eigenvalue weighted by atomic mass is 19.1. The fraction of sp³-hybridized carbons (Fsp3) is 0.389. The lowest BCUT2D eigenvalue weighted by Gasteiger charge is -2.36. The average molecular weight is 342 g/mol. The molecule has 3 aromatic rings. The van der Waals surface area contributed by atoms with Gasteiger partial charge in [0, 0.05) is 19.7 Å². The molecule has 2 atom stereocenters. The van der Waals surface area contributed by atoms with Crippen LogP contribution in [0.15, 0.2) is 35.1 Å². The molecule has 0 amide bonds. The van der Waals surface area contributed by atoms with Gasteiger partial charge in [0.2, 0.25) is 0 Å². The summed E-state index contributed by atoms with van der Waals surface area (Å²) in [6.07, 6.45) is 3.14. The highest BCUT2D eigenvalue weighted by molar-refractivity contribution is 5.87. The van der Waals surface area contributed by atoms with Crippen molar-refractivity contribution >= 4 is 16.9 Å². The lowest BCUT2D eigenvalue weighted by molar-refractivity contribution is 0.00583. The highest BCUT2D eigenvalue weighted by Gasteiger charge is 2.29. The standard InChI is InChI=1S/C18H19FN4O2/c1-11-16-17(20-10-21-18(16)25-22-11)23(2)14-7-8-24-15(9-14)12-3-5-13(19)6-4-12/h3-6,10,14-15H,7-9H2,1-2H3. The molecular formula is C18H19FN4O2. The van der Waals surface area contributed by atoms with Crippen molar-refractivity contribution < 1.29 is 13.7 Å². The normalized spacial score (nSPS) is 20.8. The minimum Gasteiger partial charge on any atom is -0.373 e. The molecule has 0 saturated carbocycles. The van der Waals surface area contributed by atoms with Crippen molar-refractivity contribution in [1.29, 1.82) is 0 Å². The van der Waals surface area contributed by atoms with Crippen LogP contribution in [-0.2, 0) is 4.74 Å². The Labute approximate surface area is 144 Å². The van der Waals surface area contributed by atoms with Crippen molar-refractivity contribution in [2.75, 3.05) is 18.6 Å². The lowest BCUT2D eigenvalue weighted by atomic mass is 9.96. The number of anilines is 1. The highest BCUT2D eigenvalue weighted by Crippen LogP contribution is 2.34. The van der Waals surface area contributed by atoms with E-state index in [-0.39, 0.29) is 18.0 Å². The summed E-state index contributed by atoms with van der Waals surface area (Å²) in [5.41, 5.74) is 2.27. The van der Waals surface area contributed by atoms with E-state index in [1.807, 2.05) is 14.0 Å². The number of ether oxygens (including phenoxy) is 1. The van der Waals surface area contributed by atoms with Crippen molar-refractivity contribution in [3.05, 3.63) is 47.7 Å². The minimum absolute atomic E-state index is 0.0531. The van der Waals surface area contributed by atoms with Gasteiger partial charge in [0.1, 0.15) is 23.3 Å². The van der Waals surface area contributed by atoms with Gasteiger partial charge in [-0.2, -0.15) is 4.98 Å². The summed E-state index contributed by atoms with van der Waals surface area (Å²) in [7, 11) is 2.02. The maximum atomic E-state index is 13.2. The van der Waals surface area contributed by atoms with Crippen molar-refractivity contribution in [2.24, 2.45) is 0 Å². The second-order valence-corrected chi connectivity index (χ2v) is 6.35. The zero-order valence-electron chi connectivity index (χ0n) is 14.1. The number of halogens is 1. The van der Waals surface area contributed by atoms with Crippen molar-refractivity contribution in [3.8, 4) is 0 Å². The van der Waals surface area contributed by atoms with Crippen molar-refractivity contribution in [2.45, 2.75) is 31.9 Å². The van der Waals surface area contributed by atoms with E-state index in [9.17, 15) is 4.39 Å². The molecule has 0 N–H and O–H groups in total. The third-order valence-corrected chi connectivity index (χ3v) is 4.80. The summed E-state index contributed by atoms with van der Waals surface area (Å²) in [5, 5.41) is 4.83. The van der Waals surface area contributed by atoms with E-state index in [0.717, 1.165) is 35.3 Å². The van der Waals surface area contributed by atoms with E-state index < -0.39 is 0 Å². The van der Waals surface area contributed by atoms with Crippen LogP contribution in [0, 0.1) is 12.7 Å². The molecule has 0 aliphatic carbocycles. The Morgan fingerprint density at radius 1 is 1.20 bits per heavy atom. The molecule has 2 aromatic heterocycles. The fourth-order valence-electron chi connectivity index (χ4n) is 3.39. The first kappa shape index (κ1) is 16.0. The van der Waals surface area contributed by atoms with Gasteiger partial charge in [-0.1, -0.05) is 17.3 Å². The van der Waals surface area contributed by atoms with Crippen LogP contribution in [0.4, 0.5) is 10.2 Å². The van der Waals surface area contributed by atoms with E-state index >= 15 is 0 Å². The van der Waals surface area contributed by atoms with E-state index in [1.165, 1.54) is 18.5 Å².